The summed E-state index contributed by atoms with van der Waals surface area (Å²) in [4.78, 5) is 0. The van der Waals surface area contributed by atoms with Gasteiger partial charge in [0.25, 0.3) is 0 Å². The van der Waals surface area contributed by atoms with Gasteiger partial charge >= 0.3 is 0 Å². The molecule has 2 heteroatoms. The van der Waals surface area contributed by atoms with E-state index in [1.807, 2.05) is 12.1 Å². The monoisotopic (exact) mass is 281 g/mol. The van der Waals surface area contributed by atoms with Crippen LogP contribution in [0.15, 0.2) is 54.6 Å². The first-order valence-corrected chi connectivity index (χ1v) is 7.76. The molecule has 0 spiro atoms. The van der Waals surface area contributed by atoms with Crippen LogP contribution in [-0.2, 0) is 6.61 Å². The summed E-state index contributed by atoms with van der Waals surface area (Å²) in [6, 6.07) is 19.3. The second-order valence-electron chi connectivity index (χ2n) is 6.05. The summed E-state index contributed by atoms with van der Waals surface area (Å²) in [5, 5.41) is 12.8. The van der Waals surface area contributed by atoms with Crippen molar-refractivity contribution in [2.24, 2.45) is 5.92 Å². The third kappa shape index (κ3) is 3.52. The molecule has 2 N–H and O–H groups in total. The average molecular weight is 281 g/mol. The first-order chi connectivity index (χ1) is 10.3. The molecule has 0 amide bonds. The standard InChI is InChI=1S/C19H23NO/c1-14(17-9-5-6-15(10-17)13-21)20-12-18-11-19(18)16-7-3-2-4-8-16/h2-10,14,18-21H,11-13H2,1H3. The molecule has 3 rings (SSSR count). The summed E-state index contributed by atoms with van der Waals surface area (Å²) in [6.07, 6.45) is 1.29. The van der Waals surface area contributed by atoms with Crippen LogP contribution < -0.4 is 5.32 Å². The molecule has 0 heterocycles. The Morgan fingerprint density at radius 1 is 1.14 bits per heavy atom. The maximum absolute atomic E-state index is 9.21. The molecular formula is C19H23NO. The number of aliphatic hydroxyl groups excluding tert-OH is 1. The van der Waals surface area contributed by atoms with Gasteiger partial charge in [-0.3, -0.25) is 0 Å². The number of benzene rings is 2. The molecule has 1 aliphatic rings. The van der Waals surface area contributed by atoms with Crippen LogP contribution in [0, 0.1) is 5.92 Å². The predicted molar refractivity (Wildman–Crippen MR) is 86.1 cm³/mol. The lowest BCUT2D eigenvalue weighted by Gasteiger charge is -2.15. The minimum atomic E-state index is 0.110. The number of nitrogens with one attached hydrogen (secondary N) is 1. The van der Waals surface area contributed by atoms with E-state index in [1.165, 1.54) is 17.5 Å². The summed E-state index contributed by atoms with van der Waals surface area (Å²) in [5.41, 5.74) is 3.70. The highest BCUT2D eigenvalue weighted by atomic mass is 16.3. The van der Waals surface area contributed by atoms with E-state index in [-0.39, 0.29) is 6.61 Å². The molecule has 2 nitrogen and oxygen atoms in total. The Balaban J connectivity index is 1.52. The van der Waals surface area contributed by atoms with Crippen LogP contribution in [0.5, 0.6) is 0 Å². The highest BCUT2D eigenvalue weighted by Gasteiger charge is 2.37. The van der Waals surface area contributed by atoms with E-state index in [1.54, 1.807) is 0 Å². The molecule has 0 radical (unpaired) electrons. The average Bonchev–Trinajstić information content (AvgIpc) is 3.33. The topological polar surface area (TPSA) is 32.3 Å². The third-order valence-corrected chi connectivity index (χ3v) is 4.47. The second kappa shape index (κ2) is 6.42. The molecule has 1 saturated carbocycles. The maximum atomic E-state index is 9.21. The Morgan fingerprint density at radius 3 is 2.71 bits per heavy atom. The second-order valence-corrected chi connectivity index (χ2v) is 6.05. The Morgan fingerprint density at radius 2 is 1.95 bits per heavy atom. The van der Waals surface area contributed by atoms with Crippen LogP contribution >= 0.6 is 0 Å². The smallest absolute Gasteiger partial charge is 0.0681 e. The van der Waals surface area contributed by atoms with Crippen molar-refractivity contribution in [2.75, 3.05) is 6.54 Å². The van der Waals surface area contributed by atoms with Gasteiger partial charge in [-0.2, -0.15) is 0 Å². The minimum Gasteiger partial charge on any atom is -0.392 e. The summed E-state index contributed by atoms with van der Waals surface area (Å²) in [5.74, 6) is 1.49. The largest absolute Gasteiger partial charge is 0.392 e. The lowest BCUT2D eigenvalue weighted by molar-refractivity contribution is 0.281. The van der Waals surface area contributed by atoms with Crippen molar-refractivity contribution in [3.8, 4) is 0 Å². The molecule has 0 aliphatic heterocycles. The van der Waals surface area contributed by atoms with Crippen molar-refractivity contribution in [2.45, 2.75) is 31.9 Å². The van der Waals surface area contributed by atoms with Crippen LogP contribution in [0.25, 0.3) is 0 Å². The Kier molecular flexibility index (Phi) is 4.37. The van der Waals surface area contributed by atoms with Crippen molar-refractivity contribution in [1.82, 2.24) is 5.32 Å². The number of hydrogen-bond acceptors (Lipinski definition) is 2. The SMILES string of the molecule is CC(NCC1CC1c1ccccc1)c1cccc(CO)c1. The van der Waals surface area contributed by atoms with Crippen molar-refractivity contribution in [3.63, 3.8) is 0 Å². The van der Waals surface area contributed by atoms with Gasteiger partial charge in [0.1, 0.15) is 0 Å². The molecule has 3 unspecified atom stereocenters. The van der Waals surface area contributed by atoms with Gasteiger partial charge in [-0.1, -0.05) is 54.6 Å². The fourth-order valence-electron chi connectivity index (χ4n) is 2.99. The fourth-order valence-corrected chi connectivity index (χ4v) is 2.99. The lowest BCUT2D eigenvalue weighted by atomic mass is 10.0. The normalized spacial score (nSPS) is 22.0. The summed E-state index contributed by atoms with van der Waals surface area (Å²) in [6.45, 7) is 3.36. The van der Waals surface area contributed by atoms with E-state index in [2.05, 4.69) is 54.7 Å². The highest BCUT2D eigenvalue weighted by Crippen LogP contribution is 2.47. The van der Waals surface area contributed by atoms with Gasteiger partial charge in [-0.25, -0.2) is 0 Å². The molecule has 1 fully saturated rings. The Bertz CT molecular complexity index is 581. The zero-order valence-corrected chi connectivity index (χ0v) is 12.5. The lowest BCUT2D eigenvalue weighted by Crippen LogP contribution is -2.21. The molecule has 110 valence electrons. The van der Waals surface area contributed by atoms with Gasteiger partial charge in [-0.15, -0.1) is 0 Å². The summed E-state index contributed by atoms with van der Waals surface area (Å²) >= 11 is 0. The van der Waals surface area contributed by atoms with Crippen LogP contribution in [-0.4, -0.2) is 11.7 Å². The number of aliphatic hydroxyl groups is 1. The van der Waals surface area contributed by atoms with Crippen LogP contribution in [0.1, 0.15) is 42.0 Å². The molecule has 3 atom stereocenters. The van der Waals surface area contributed by atoms with E-state index < -0.39 is 0 Å². The Labute approximate surface area is 126 Å². The van der Waals surface area contributed by atoms with Gasteiger partial charge in [0.2, 0.25) is 0 Å². The van der Waals surface area contributed by atoms with Crippen molar-refractivity contribution >= 4 is 0 Å². The van der Waals surface area contributed by atoms with Crippen LogP contribution in [0.2, 0.25) is 0 Å². The molecule has 0 aromatic heterocycles. The van der Waals surface area contributed by atoms with E-state index in [0.29, 0.717) is 6.04 Å². The molecular weight excluding hydrogens is 258 g/mol. The molecule has 21 heavy (non-hydrogen) atoms. The van der Waals surface area contributed by atoms with Gasteiger partial charge in [-0.05, 0) is 48.4 Å². The van der Waals surface area contributed by atoms with E-state index >= 15 is 0 Å². The molecule has 0 saturated heterocycles. The predicted octanol–water partition coefficient (Wildman–Crippen LogP) is 3.63. The van der Waals surface area contributed by atoms with Crippen molar-refractivity contribution in [1.29, 1.82) is 0 Å². The van der Waals surface area contributed by atoms with Gasteiger partial charge < -0.3 is 10.4 Å². The van der Waals surface area contributed by atoms with Crippen LogP contribution in [0.3, 0.4) is 0 Å². The highest BCUT2D eigenvalue weighted by molar-refractivity contribution is 5.27. The van der Waals surface area contributed by atoms with Crippen molar-refractivity contribution < 1.29 is 5.11 Å². The third-order valence-electron chi connectivity index (χ3n) is 4.47. The molecule has 2 aromatic carbocycles. The zero-order chi connectivity index (χ0) is 14.7. The summed E-state index contributed by atoms with van der Waals surface area (Å²) in [7, 11) is 0. The first-order valence-electron chi connectivity index (χ1n) is 7.76. The van der Waals surface area contributed by atoms with Crippen molar-refractivity contribution in [3.05, 3.63) is 71.3 Å². The maximum Gasteiger partial charge on any atom is 0.0681 e. The first kappa shape index (κ1) is 14.3. The van der Waals surface area contributed by atoms with E-state index in [4.69, 9.17) is 0 Å². The van der Waals surface area contributed by atoms with Crippen LogP contribution in [0.4, 0.5) is 0 Å². The van der Waals surface area contributed by atoms with Gasteiger partial charge in [0.15, 0.2) is 0 Å². The molecule has 2 aromatic rings. The quantitative estimate of drug-likeness (QED) is 0.847. The molecule has 0 bridgehead atoms. The fraction of sp³-hybridized carbons (Fsp3) is 0.368. The van der Waals surface area contributed by atoms with Gasteiger partial charge in [0, 0.05) is 6.04 Å². The Hall–Kier alpha value is -1.64. The zero-order valence-electron chi connectivity index (χ0n) is 12.5. The number of rotatable bonds is 6. The summed E-state index contributed by atoms with van der Waals surface area (Å²) < 4.78 is 0. The number of hydrogen-bond donors (Lipinski definition) is 2. The minimum absolute atomic E-state index is 0.110. The van der Waals surface area contributed by atoms with E-state index in [0.717, 1.165) is 23.9 Å². The van der Waals surface area contributed by atoms with E-state index in [9.17, 15) is 5.11 Å². The molecule has 1 aliphatic carbocycles. The van der Waals surface area contributed by atoms with Gasteiger partial charge in [0.05, 0.1) is 6.61 Å².